The molecule has 92 valence electrons. The summed E-state index contributed by atoms with van der Waals surface area (Å²) in [5, 5.41) is 0. The Morgan fingerprint density at radius 2 is 1.81 bits per heavy atom. The first-order valence-electron chi connectivity index (χ1n) is 5.06. The van der Waals surface area contributed by atoms with E-state index >= 15 is 0 Å². The molecule has 0 unspecified atom stereocenters. The van der Waals surface area contributed by atoms with Crippen molar-refractivity contribution in [2.24, 2.45) is 0 Å². The molecule has 1 saturated carbocycles. The Bertz CT molecular complexity index is 271. The van der Waals surface area contributed by atoms with E-state index in [0.717, 1.165) is 34.3 Å². The number of nitrogens with zero attached hydrogens (tertiary/aromatic N) is 2. The molecule has 0 radical (unpaired) electrons. The summed E-state index contributed by atoms with van der Waals surface area (Å²) in [4.78, 5) is 21.8. The second-order valence-corrected chi connectivity index (χ2v) is 4.88. The van der Waals surface area contributed by atoms with Crippen LogP contribution in [0, 0.1) is 0 Å². The maximum atomic E-state index is 12.2. The van der Waals surface area contributed by atoms with Gasteiger partial charge in [-0.1, -0.05) is 0 Å². The van der Waals surface area contributed by atoms with E-state index in [1.54, 1.807) is 0 Å². The third-order valence-corrected chi connectivity index (χ3v) is 3.10. The zero-order valence-electron chi connectivity index (χ0n) is 9.31. The second kappa shape index (κ2) is 5.93. The number of rotatable bonds is 3. The van der Waals surface area contributed by atoms with Crippen LogP contribution in [0.25, 0.3) is 0 Å². The molecule has 1 aliphatic rings. The summed E-state index contributed by atoms with van der Waals surface area (Å²) in [6, 6.07) is 0. The molecule has 5 nitrogen and oxygen atoms in total. The van der Waals surface area contributed by atoms with Gasteiger partial charge in [-0.2, -0.15) is 0 Å². The molecule has 0 saturated heterocycles. The summed E-state index contributed by atoms with van der Waals surface area (Å²) >= 11 is 0.667. The van der Waals surface area contributed by atoms with Gasteiger partial charge in [0.2, 0.25) is 0 Å². The molecule has 16 heavy (non-hydrogen) atoms. The van der Waals surface area contributed by atoms with Crippen LogP contribution in [0.2, 0.25) is 0 Å². The fraction of sp³-hybridized carbons (Fsp3) is 0.778. The molecular weight excluding hydrogens is 235 g/mol. The maximum Gasteiger partial charge on any atom is 0.421 e. The van der Waals surface area contributed by atoms with Crippen molar-refractivity contribution < 1.29 is 18.7 Å². The van der Waals surface area contributed by atoms with E-state index in [0.29, 0.717) is 12.1 Å². The Labute approximate surface area is 98.2 Å². The maximum absolute atomic E-state index is 12.2. The average Bonchev–Trinajstić information content (AvgIpc) is 2.69. The molecule has 0 aromatic heterocycles. The Kier molecular flexibility index (Phi) is 4.85. The normalized spacial score (nSPS) is 15.9. The number of halogens is 1. The van der Waals surface area contributed by atoms with E-state index in [2.05, 4.69) is 0 Å². The van der Waals surface area contributed by atoms with Crippen LogP contribution in [0.5, 0.6) is 0 Å². The zero-order chi connectivity index (χ0) is 12.1. The van der Waals surface area contributed by atoms with Crippen molar-refractivity contribution in [2.45, 2.75) is 31.8 Å². The van der Waals surface area contributed by atoms with Gasteiger partial charge >= 0.3 is 12.3 Å². The SMILES string of the molecule is CN(SN(C)C(=O)OC1CCCC1)C(=O)F. The molecule has 0 aromatic rings. The number of amides is 2. The largest absolute Gasteiger partial charge is 0.445 e. The van der Waals surface area contributed by atoms with Crippen LogP contribution in [0.3, 0.4) is 0 Å². The first-order chi connectivity index (χ1) is 7.50. The lowest BCUT2D eigenvalue weighted by molar-refractivity contribution is 0.0889. The third kappa shape index (κ3) is 3.88. The molecule has 1 rings (SSSR count). The van der Waals surface area contributed by atoms with Gasteiger partial charge in [0, 0.05) is 14.1 Å². The van der Waals surface area contributed by atoms with Crippen molar-refractivity contribution in [2.75, 3.05) is 14.1 Å². The molecular formula is C9H15FN2O3S. The minimum Gasteiger partial charge on any atom is -0.445 e. The van der Waals surface area contributed by atoms with E-state index in [-0.39, 0.29) is 6.10 Å². The minimum atomic E-state index is -1.61. The number of ether oxygens (including phenoxy) is 1. The van der Waals surface area contributed by atoms with Crippen LogP contribution in [0.4, 0.5) is 14.0 Å². The second-order valence-electron chi connectivity index (χ2n) is 3.62. The molecule has 1 fully saturated rings. The molecule has 0 bridgehead atoms. The van der Waals surface area contributed by atoms with Gasteiger partial charge in [-0.25, -0.2) is 18.2 Å². The van der Waals surface area contributed by atoms with Crippen LogP contribution in [-0.4, -0.2) is 41.1 Å². The van der Waals surface area contributed by atoms with Crippen molar-refractivity contribution in [3.8, 4) is 0 Å². The average molecular weight is 250 g/mol. The van der Waals surface area contributed by atoms with Gasteiger partial charge < -0.3 is 4.74 Å². The van der Waals surface area contributed by atoms with Crippen LogP contribution in [0.15, 0.2) is 0 Å². The molecule has 0 heterocycles. The molecule has 0 aliphatic heterocycles. The summed E-state index contributed by atoms with van der Waals surface area (Å²) < 4.78 is 19.2. The summed E-state index contributed by atoms with van der Waals surface area (Å²) in [5.74, 6) is 0. The molecule has 2 amide bonds. The predicted octanol–water partition coefficient (Wildman–Crippen LogP) is 2.58. The smallest absolute Gasteiger partial charge is 0.421 e. The van der Waals surface area contributed by atoms with E-state index in [1.165, 1.54) is 14.1 Å². The van der Waals surface area contributed by atoms with Crippen LogP contribution in [-0.2, 0) is 4.74 Å². The van der Waals surface area contributed by atoms with Crippen LogP contribution >= 0.6 is 12.1 Å². The highest BCUT2D eigenvalue weighted by Crippen LogP contribution is 2.23. The summed E-state index contributed by atoms with van der Waals surface area (Å²) in [5.41, 5.74) is 0. The molecule has 0 N–H and O–H groups in total. The molecule has 0 atom stereocenters. The van der Waals surface area contributed by atoms with Gasteiger partial charge in [-0.3, -0.25) is 0 Å². The lowest BCUT2D eigenvalue weighted by atomic mass is 10.3. The van der Waals surface area contributed by atoms with Gasteiger partial charge in [-0.15, -0.1) is 4.39 Å². The number of carbonyl (C=O) groups is 2. The van der Waals surface area contributed by atoms with Crippen molar-refractivity contribution >= 4 is 24.4 Å². The summed E-state index contributed by atoms with van der Waals surface area (Å²) in [6.07, 6.45) is 1.69. The van der Waals surface area contributed by atoms with Gasteiger partial charge in [0.25, 0.3) is 0 Å². The van der Waals surface area contributed by atoms with Gasteiger partial charge in [-0.05, 0) is 25.7 Å². The lowest BCUT2D eigenvalue weighted by Crippen LogP contribution is -2.29. The molecule has 1 aliphatic carbocycles. The lowest BCUT2D eigenvalue weighted by Gasteiger charge is -2.21. The number of hydrogen-bond acceptors (Lipinski definition) is 4. The zero-order valence-corrected chi connectivity index (χ0v) is 10.1. The Morgan fingerprint density at radius 1 is 1.25 bits per heavy atom. The van der Waals surface area contributed by atoms with Crippen molar-refractivity contribution in [3.63, 3.8) is 0 Å². The minimum absolute atomic E-state index is 0.0399. The number of hydrogen-bond donors (Lipinski definition) is 0. The first kappa shape index (κ1) is 13.1. The predicted molar refractivity (Wildman–Crippen MR) is 58.4 cm³/mol. The quantitative estimate of drug-likeness (QED) is 0.439. The highest BCUT2D eigenvalue weighted by Gasteiger charge is 2.23. The van der Waals surface area contributed by atoms with E-state index in [4.69, 9.17) is 4.74 Å². The molecule has 0 spiro atoms. The van der Waals surface area contributed by atoms with E-state index in [1.807, 2.05) is 0 Å². The van der Waals surface area contributed by atoms with Crippen molar-refractivity contribution in [3.05, 3.63) is 0 Å². The highest BCUT2D eigenvalue weighted by molar-refractivity contribution is 7.95. The summed E-state index contributed by atoms with van der Waals surface area (Å²) in [6.45, 7) is 0. The Hall–Kier alpha value is -0.980. The Balaban J connectivity index is 2.32. The Morgan fingerprint density at radius 3 is 2.31 bits per heavy atom. The van der Waals surface area contributed by atoms with Gasteiger partial charge in [0.15, 0.2) is 0 Å². The number of carbonyl (C=O) groups excluding carboxylic acids is 2. The first-order valence-corrected chi connectivity index (χ1v) is 5.79. The van der Waals surface area contributed by atoms with Crippen molar-refractivity contribution in [1.82, 2.24) is 8.61 Å². The van der Waals surface area contributed by atoms with E-state index < -0.39 is 12.3 Å². The third-order valence-electron chi connectivity index (χ3n) is 2.32. The van der Waals surface area contributed by atoms with Crippen LogP contribution in [0.1, 0.15) is 25.7 Å². The monoisotopic (exact) mass is 250 g/mol. The molecule has 0 aromatic carbocycles. The standard InChI is InChI=1S/C9H15FN2O3S/c1-11(8(10)13)16-12(2)9(14)15-7-5-3-4-6-7/h7H,3-6H2,1-2H3. The van der Waals surface area contributed by atoms with Crippen LogP contribution < -0.4 is 0 Å². The van der Waals surface area contributed by atoms with Crippen molar-refractivity contribution in [1.29, 1.82) is 0 Å². The fourth-order valence-electron chi connectivity index (χ4n) is 1.47. The van der Waals surface area contributed by atoms with Gasteiger partial charge in [0.1, 0.15) is 6.10 Å². The topological polar surface area (TPSA) is 49.9 Å². The fourth-order valence-corrected chi connectivity index (χ4v) is 2.01. The summed E-state index contributed by atoms with van der Waals surface area (Å²) in [7, 11) is 2.67. The molecule has 7 heteroatoms. The highest BCUT2D eigenvalue weighted by atomic mass is 32.2. The van der Waals surface area contributed by atoms with Gasteiger partial charge in [0.05, 0.1) is 12.1 Å². The van der Waals surface area contributed by atoms with E-state index in [9.17, 15) is 14.0 Å².